The van der Waals surface area contributed by atoms with Gasteiger partial charge >= 0.3 is 0 Å². The smallest absolute Gasteiger partial charge is 0.273 e. The van der Waals surface area contributed by atoms with Crippen LogP contribution in [-0.2, 0) is 6.42 Å². The molecule has 33 heavy (non-hydrogen) atoms. The predicted molar refractivity (Wildman–Crippen MR) is 116 cm³/mol. The third-order valence-electron chi connectivity index (χ3n) is 5.13. The van der Waals surface area contributed by atoms with Crippen molar-refractivity contribution in [2.45, 2.75) is 12.3 Å². The molecule has 11 heteroatoms. The summed E-state index contributed by atoms with van der Waals surface area (Å²) >= 11 is 12.6. The molecule has 0 spiro atoms. The lowest BCUT2D eigenvalue weighted by Gasteiger charge is -2.23. The van der Waals surface area contributed by atoms with Crippen molar-refractivity contribution in [3.05, 3.63) is 91.2 Å². The Balaban J connectivity index is 2.33. The third-order valence-corrected chi connectivity index (χ3v) is 5.79. The molecule has 3 aromatic rings. The molecule has 0 aliphatic heterocycles. The zero-order valence-electron chi connectivity index (χ0n) is 17.5. The number of nitro benzene ring substituents is 1. The standard InChI is InChI=1S/C22H18Cl2N2O7/c1-32-19-7-6-12(8-20(19)33-2)14(9-15-16(23)10-25(29)11-17(15)24)21-13(22(27)28)4-3-5-18(21)26(30)31/h3-8,10-11,14H,9H2,1-2H3,(H-,27,28,29)/t14-/m0/s1. The molecule has 1 atom stereocenters. The van der Waals surface area contributed by atoms with Gasteiger partial charge in [0.15, 0.2) is 11.5 Å². The first-order valence-electron chi connectivity index (χ1n) is 9.46. The van der Waals surface area contributed by atoms with Gasteiger partial charge in [-0.25, -0.2) is 0 Å². The maximum Gasteiger partial charge on any atom is 0.273 e. The molecule has 0 aliphatic carbocycles. The van der Waals surface area contributed by atoms with E-state index in [1.54, 1.807) is 18.2 Å². The van der Waals surface area contributed by atoms with Crippen molar-refractivity contribution in [2.24, 2.45) is 0 Å². The van der Waals surface area contributed by atoms with E-state index in [4.69, 9.17) is 32.7 Å². The lowest BCUT2D eigenvalue weighted by Crippen LogP contribution is -2.29. The maximum absolute atomic E-state index is 11.9. The van der Waals surface area contributed by atoms with Gasteiger partial charge in [-0.3, -0.25) is 15.3 Å². The van der Waals surface area contributed by atoms with Crippen LogP contribution >= 0.6 is 23.2 Å². The Morgan fingerprint density at radius 3 is 2.30 bits per heavy atom. The first-order valence-corrected chi connectivity index (χ1v) is 10.2. The van der Waals surface area contributed by atoms with Crippen molar-refractivity contribution in [1.82, 2.24) is 0 Å². The van der Waals surface area contributed by atoms with E-state index in [0.717, 1.165) is 0 Å². The molecule has 172 valence electrons. The van der Waals surface area contributed by atoms with Gasteiger partial charge in [-0.05, 0) is 24.1 Å². The molecule has 0 saturated heterocycles. The molecule has 1 aromatic heterocycles. The number of carbonyl (C=O) groups is 1. The van der Waals surface area contributed by atoms with Crippen LogP contribution in [-0.4, -0.2) is 30.3 Å². The fourth-order valence-corrected chi connectivity index (χ4v) is 4.26. The molecule has 0 bridgehead atoms. The normalized spacial score (nSPS) is 11.6. The fraction of sp³-hybridized carbons (Fsp3) is 0.182. The summed E-state index contributed by atoms with van der Waals surface area (Å²) in [5, 5.41) is 33.6. The van der Waals surface area contributed by atoms with E-state index in [1.165, 1.54) is 44.8 Å². The molecule has 0 aliphatic rings. The fourth-order valence-electron chi connectivity index (χ4n) is 3.65. The van der Waals surface area contributed by atoms with Crippen molar-refractivity contribution in [1.29, 1.82) is 0 Å². The minimum absolute atomic E-state index is 0.0286. The number of hydrogen-bond donors (Lipinski definition) is 1. The highest BCUT2D eigenvalue weighted by Crippen LogP contribution is 2.41. The summed E-state index contributed by atoms with van der Waals surface area (Å²) in [5.41, 5.74) is 0.00651. The Labute approximate surface area is 198 Å². The van der Waals surface area contributed by atoms with Crippen molar-refractivity contribution in [2.75, 3.05) is 14.2 Å². The van der Waals surface area contributed by atoms with E-state index in [0.29, 0.717) is 27.4 Å². The Morgan fingerprint density at radius 2 is 1.76 bits per heavy atom. The van der Waals surface area contributed by atoms with Gasteiger partial charge < -0.3 is 19.4 Å². The summed E-state index contributed by atoms with van der Waals surface area (Å²) in [5.74, 6) is -1.71. The molecule has 0 saturated carbocycles. The van der Waals surface area contributed by atoms with Gasteiger partial charge in [0.25, 0.3) is 5.69 Å². The summed E-state index contributed by atoms with van der Waals surface area (Å²) in [7, 11) is 2.89. The van der Waals surface area contributed by atoms with Crippen molar-refractivity contribution >= 4 is 34.9 Å². The van der Waals surface area contributed by atoms with Gasteiger partial charge in [-0.1, -0.05) is 41.4 Å². The van der Waals surface area contributed by atoms with Gasteiger partial charge in [0, 0.05) is 33.4 Å². The second-order valence-corrected chi connectivity index (χ2v) is 7.78. The SMILES string of the molecule is COc1ccc([C@H](Cc2c(Cl)c[n+](O)cc2Cl)c2c(C(=O)[O-])cccc2[N+](=O)[O-])cc1OC. The van der Waals surface area contributed by atoms with Gasteiger partial charge in [0.2, 0.25) is 12.4 Å². The van der Waals surface area contributed by atoms with Crippen LogP contribution in [0, 0.1) is 10.1 Å². The number of nitro groups is 1. The summed E-state index contributed by atoms with van der Waals surface area (Å²) in [4.78, 5) is 23.1. The summed E-state index contributed by atoms with van der Waals surface area (Å²) in [6, 6.07) is 8.56. The molecule has 0 unspecified atom stereocenters. The second-order valence-electron chi connectivity index (χ2n) is 6.97. The van der Waals surface area contributed by atoms with Gasteiger partial charge in [-0.15, -0.1) is 0 Å². The number of nitrogens with zero attached hydrogens (tertiary/aromatic N) is 2. The van der Waals surface area contributed by atoms with E-state index in [1.807, 2.05) is 0 Å². The number of halogens is 2. The number of aromatic nitrogens is 1. The van der Waals surface area contributed by atoms with Crippen molar-refractivity contribution in [3.8, 4) is 11.5 Å². The van der Waals surface area contributed by atoms with E-state index < -0.39 is 22.5 Å². The van der Waals surface area contributed by atoms with Crippen LogP contribution in [0.1, 0.15) is 33.0 Å². The molecule has 3 rings (SSSR count). The molecule has 9 nitrogen and oxygen atoms in total. The second kappa shape index (κ2) is 9.93. The zero-order valence-corrected chi connectivity index (χ0v) is 19.0. The maximum atomic E-state index is 11.9. The summed E-state index contributed by atoms with van der Waals surface area (Å²) in [6.07, 6.45) is 2.38. The number of hydrogen-bond acceptors (Lipinski definition) is 7. The molecule has 2 aromatic carbocycles. The highest BCUT2D eigenvalue weighted by molar-refractivity contribution is 6.35. The Bertz CT molecular complexity index is 1180. The molecular weight excluding hydrogens is 475 g/mol. The molecule has 0 radical (unpaired) electrons. The number of benzene rings is 2. The first-order chi connectivity index (χ1) is 15.7. The number of carbonyl (C=O) groups excluding carboxylic acids is 1. The lowest BCUT2D eigenvalue weighted by atomic mass is 9.82. The number of ether oxygens (including phenoxy) is 2. The van der Waals surface area contributed by atoms with Crippen LogP contribution in [0.5, 0.6) is 11.5 Å². The van der Waals surface area contributed by atoms with Crippen molar-refractivity contribution < 1.29 is 34.2 Å². The number of methoxy groups -OCH3 is 2. The largest absolute Gasteiger partial charge is 0.545 e. The Hall–Kier alpha value is -3.56. The highest BCUT2D eigenvalue weighted by atomic mass is 35.5. The first kappa shape index (κ1) is 24.1. The number of carboxylic acid groups (broad SMARTS) is 1. The molecule has 1 heterocycles. The van der Waals surface area contributed by atoms with E-state index >= 15 is 0 Å². The van der Waals surface area contributed by atoms with Crippen LogP contribution in [0.2, 0.25) is 10.0 Å². The quantitative estimate of drug-likeness (QED) is 0.221. The topological polar surface area (TPSA) is 126 Å². The predicted octanol–water partition coefficient (Wildman–Crippen LogP) is 3.18. The van der Waals surface area contributed by atoms with Gasteiger partial charge in [-0.2, -0.15) is 0 Å². The zero-order chi connectivity index (χ0) is 24.3. The Kier molecular flexibility index (Phi) is 7.25. The van der Waals surface area contributed by atoms with Crippen LogP contribution in [0.25, 0.3) is 0 Å². The minimum atomic E-state index is -1.57. The average molecular weight is 493 g/mol. The van der Waals surface area contributed by atoms with E-state index in [9.17, 15) is 25.2 Å². The summed E-state index contributed by atoms with van der Waals surface area (Å²) in [6.45, 7) is 0. The average Bonchev–Trinajstić information content (AvgIpc) is 2.77. The Morgan fingerprint density at radius 1 is 1.12 bits per heavy atom. The number of aromatic carboxylic acids is 1. The minimum Gasteiger partial charge on any atom is -0.545 e. The van der Waals surface area contributed by atoms with Gasteiger partial charge in [0.05, 0.1) is 25.1 Å². The number of rotatable bonds is 8. The lowest BCUT2D eigenvalue weighted by molar-refractivity contribution is -0.904. The summed E-state index contributed by atoms with van der Waals surface area (Å²) < 4.78 is 11.3. The third kappa shape index (κ3) is 4.94. The molecule has 0 fully saturated rings. The number of pyridine rings is 1. The van der Waals surface area contributed by atoms with Crippen LogP contribution < -0.4 is 19.3 Å². The highest BCUT2D eigenvalue weighted by Gasteiger charge is 2.30. The van der Waals surface area contributed by atoms with Crippen LogP contribution in [0.4, 0.5) is 5.69 Å². The monoisotopic (exact) mass is 492 g/mol. The van der Waals surface area contributed by atoms with Gasteiger partial charge in [0.1, 0.15) is 10.0 Å². The molecule has 0 amide bonds. The van der Waals surface area contributed by atoms with Crippen molar-refractivity contribution in [3.63, 3.8) is 0 Å². The molecule has 1 N–H and O–H groups in total. The van der Waals surface area contributed by atoms with E-state index in [2.05, 4.69) is 0 Å². The molecular formula is C22H18Cl2N2O7. The van der Waals surface area contributed by atoms with Crippen LogP contribution in [0.15, 0.2) is 48.8 Å². The van der Waals surface area contributed by atoms with E-state index in [-0.39, 0.29) is 27.6 Å². The number of carboxylic acids is 1. The van der Waals surface area contributed by atoms with Crippen LogP contribution in [0.3, 0.4) is 0 Å².